The number of nitrogens with zero attached hydrogens (tertiary/aromatic N) is 1. The second kappa shape index (κ2) is 6.26. The number of urea groups is 1. The minimum absolute atomic E-state index is 0.138. The number of rotatable bonds is 4. The Morgan fingerprint density at radius 1 is 1.38 bits per heavy atom. The van der Waals surface area contributed by atoms with E-state index in [0.29, 0.717) is 4.90 Å². The molecular weight excluding hydrogens is 348 g/mol. The zero-order chi connectivity index (χ0) is 18.1. The molecule has 1 aromatic heterocycles. The maximum atomic E-state index is 11.7. The maximum absolute atomic E-state index is 11.7. The van der Waals surface area contributed by atoms with Crippen molar-refractivity contribution in [3.05, 3.63) is 28.2 Å². The van der Waals surface area contributed by atoms with Crippen molar-refractivity contribution in [2.24, 2.45) is 5.73 Å². The van der Waals surface area contributed by atoms with Crippen molar-refractivity contribution in [2.45, 2.75) is 6.04 Å². The number of hydrogen-bond acceptors (Lipinski definition) is 8. The van der Waals surface area contributed by atoms with Crippen LogP contribution in [0.25, 0.3) is 0 Å². The lowest BCUT2D eigenvalue weighted by Gasteiger charge is -2.33. The van der Waals surface area contributed by atoms with Gasteiger partial charge < -0.3 is 15.8 Å². The highest BCUT2D eigenvalue weighted by atomic mass is 32.2. The van der Waals surface area contributed by atoms with Crippen molar-refractivity contribution in [3.8, 4) is 5.75 Å². The highest BCUT2D eigenvalue weighted by Gasteiger charge is 2.39. The van der Waals surface area contributed by atoms with Crippen molar-refractivity contribution in [3.63, 3.8) is 0 Å². The van der Waals surface area contributed by atoms with Crippen LogP contribution in [-0.2, 0) is 15.0 Å². The molecule has 2 rings (SSSR count). The lowest BCUT2D eigenvalue weighted by atomic mass is 10.1. The normalized spacial score (nSPS) is 17.1. The summed E-state index contributed by atoms with van der Waals surface area (Å²) in [5, 5.41) is 9.03. The number of nitrogens with two attached hydrogens (primary N) is 1. The molecule has 0 aromatic carbocycles. The number of imide groups is 1. The topological polar surface area (TPSA) is 204 Å². The molecule has 0 bridgehead atoms. The average Bonchev–Trinajstić information content (AvgIpc) is 2.51. The molecule has 14 heteroatoms. The van der Waals surface area contributed by atoms with E-state index in [1.807, 2.05) is 0 Å². The molecule has 4 amide bonds. The van der Waals surface area contributed by atoms with Gasteiger partial charge in [-0.3, -0.25) is 24.7 Å². The Morgan fingerprint density at radius 3 is 2.58 bits per heavy atom. The van der Waals surface area contributed by atoms with Gasteiger partial charge in [0.05, 0.1) is 6.54 Å². The highest BCUT2D eigenvalue weighted by Crippen LogP contribution is 2.07. The number of carbonyl (C=O) groups is 3. The summed E-state index contributed by atoms with van der Waals surface area (Å²) in [6.45, 7) is -0.138. The molecule has 13 nitrogen and oxygen atoms in total. The molecule has 1 atom stereocenters. The maximum Gasteiger partial charge on any atom is 0.338 e. The van der Waals surface area contributed by atoms with Crippen LogP contribution in [0.4, 0.5) is 4.79 Å². The van der Waals surface area contributed by atoms with Crippen molar-refractivity contribution < 1.29 is 27.9 Å². The van der Waals surface area contributed by atoms with Gasteiger partial charge >= 0.3 is 16.2 Å². The van der Waals surface area contributed by atoms with Gasteiger partial charge in [0.15, 0.2) is 5.75 Å². The monoisotopic (exact) mass is 360 g/mol. The number of aromatic hydroxyl groups is 1. The molecule has 0 spiro atoms. The molecule has 0 unspecified atom stereocenters. The first-order chi connectivity index (χ1) is 11.1. The van der Waals surface area contributed by atoms with E-state index in [1.165, 1.54) is 9.55 Å². The smallest absolute Gasteiger partial charge is 0.338 e. The summed E-state index contributed by atoms with van der Waals surface area (Å²) in [6, 6.07) is -1.36. The third-order valence-corrected chi connectivity index (χ3v) is 3.68. The summed E-state index contributed by atoms with van der Waals surface area (Å²) in [4.78, 5) is 49.9. The molecule has 0 saturated carbocycles. The molecule has 24 heavy (non-hydrogen) atoms. The fourth-order valence-corrected chi connectivity index (χ4v) is 2.23. The van der Waals surface area contributed by atoms with Crippen LogP contribution in [0.15, 0.2) is 17.1 Å². The molecule has 2 heterocycles. The van der Waals surface area contributed by atoms with E-state index in [2.05, 4.69) is 4.98 Å². The van der Waals surface area contributed by atoms with Crippen LogP contribution in [0, 0.1) is 0 Å². The number of hydrogen-bond donors (Lipinski definition) is 6. The number of pyridine rings is 1. The van der Waals surface area contributed by atoms with Crippen LogP contribution in [0.3, 0.4) is 0 Å². The zero-order valence-electron chi connectivity index (χ0n) is 11.8. The lowest BCUT2D eigenvalue weighted by molar-refractivity contribution is -0.137. The van der Waals surface area contributed by atoms with Gasteiger partial charge in [-0.15, -0.1) is 4.83 Å². The van der Waals surface area contributed by atoms with Gasteiger partial charge in [-0.2, -0.15) is 8.42 Å². The first-order valence-corrected chi connectivity index (χ1v) is 7.71. The van der Waals surface area contributed by atoms with E-state index in [9.17, 15) is 27.6 Å². The molecule has 0 radical (unpaired) electrons. The standard InChI is InChI=1S/C10H12N6O7S/c11-4-3-16(9(4)20)10(21)14-24(22,23)15-13-8(19)5-1-6(17)7(18)2-12-5/h1-2,4,15,18H,3,11H2,(H,12,17)(H,13,19)(H,14,21)/t4-/m0/s1. The van der Waals surface area contributed by atoms with Crippen LogP contribution in [0.2, 0.25) is 0 Å². The fourth-order valence-electron chi connectivity index (χ4n) is 1.61. The number of nitrogens with one attached hydrogen (secondary N) is 4. The van der Waals surface area contributed by atoms with Gasteiger partial charge in [-0.05, 0) is 0 Å². The molecular formula is C10H12N6O7S. The van der Waals surface area contributed by atoms with E-state index >= 15 is 0 Å². The van der Waals surface area contributed by atoms with Crippen molar-refractivity contribution in [2.75, 3.05) is 6.54 Å². The number of hydrazine groups is 1. The second-order valence-electron chi connectivity index (χ2n) is 4.62. The Bertz CT molecular complexity index is 863. The van der Waals surface area contributed by atoms with E-state index in [0.717, 1.165) is 12.3 Å². The van der Waals surface area contributed by atoms with Gasteiger partial charge in [-0.25, -0.2) is 9.52 Å². The van der Waals surface area contributed by atoms with E-state index in [-0.39, 0.29) is 12.2 Å². The Morgan fingerprint density at radius 2 is 2.04 bits per heavy atom. The Kier molecular flexibility index (Phi) is 4.54. The zero-order valence-corrected chi connectivity index (χ0v) is 12.6. The fraction of sp³-hybridized carbons (Fsp3) is 0.200. The first kappa shape index (κ1) is 17.4. The summed E-state index contributed by atoms with van der Waals surface area (Å²) in [6.07, 6.45) is 0.840. The molecule has 7 N–H and O–H groups in total. The summed E-state index contributed by atoms with van der Waals surface area (Å²) in [5.41, 5.74) is 5.76. The largest absolute Gasteiger partial charge is 0.503 e. The Labute approximate surface area is 134 Å². The van der Waals surface area contributed by atoms with Crippen LogP contribution >= 0.6 is 0 Å². The number of β-lactam (4-membered cyclic amide) rings is 1. The van der Waals surface area contributed by atoms with Crippen LogP contribution < -0.4 is 26.1 Å². The van der Waals surface area contributed by atoms with Gasteiger partial charge in [0.2, 0.25) is 11.3 Å². The molecule has 1 aliphatic rings. The predicted molar refractivity (Wildman–Crippen MR) is 76.5 cm³/mol. The van der Waals surface area contributed by atoms with E-state index < -0.39 is 45.3 Å². The summed E-state index contributed by atoms with van der Waals surface area (Å²) in [7, 11) is -4.52. The quantitative estimate of drug-likeness (QED) is 0.233. The second-order valence-corrected chi connectivity index (χ2v) is 6.03. The highest BCUT2D eigenvalue weighted by molar-refractivity contribution is 7.88. The lowest BCUT2D eigenvalue weighted by Crippen LogP contribution is -2.66. The van der Waals surface area contributed by atoms with Crippen LogP contribution in [0.1, 0.15) is 10.5 Å². The van der Waals surface area contributed by atoms with Gasteiger partial charge in [0.25, 0.3) is 5.91 Å². The number of aromatic nitrogens is 1. The SMILES string of the molecule is N[C@H]1CN(C(=O)NS(=O)(=O)NNC(=O)c2cc(=O)c(O)c[nH]2)C1=O. The number of aromatic amines is 1. The third kappa shape index (κ3) is 3.67. The summed E-state index contributed by atoms with van der Waals surface area (Å²) >= 11 is 0. The van der Waals surface area contributed by atoms with Crippen molar-refractivity contribution in [1.82, 2.24) is 24.9 Å². The first-order valence-electron chi connectivity index (χ1n) is 6.23. The Balaban J connectivity index is 1.93. The number of H-pyrrole nitrogens is 1. The number of carbonyl (C=O) groups excluding carboxylic acids is 3. The van der Waals surface area contributed by atoms with Crippen molar-refractivity contribution >= 4 is 28.1 Å². The van der Waals surface area contributed by atoms with Crippen LogP contribution in [-0.4, -0.2) is 53.8 Å². The molecule has 1 saturated heterocycles. The number of likely N-dealkylation sites (tertiary alicyclic amines) is 1. The van der Waals surface area contributed by atoms with Crippen LogP contribution in [0.5, 0.6) is 5.75 Å². The van der Waals surface area contributed by atoms with E-state index in [1.54, 1.807) is 5.43 Å². The summed E-state index contributed by atoms with van der Waals surface area (Å²) in [5.74, 6) is -2.43. The molecule has 0 aliphatic carbocycles. The summed E-state index contributed by atoms with van der Waals surface area (Å²) < 4.78 is 24.7. The van der Waals surface area contributed by atoms with Gasteiger partial charge in [0, 0.05) is 12.3 Å². The molecule has 130 valence electrons. The van der Waals surface area contributed by atoms with Gasteiger partial charge in [-0.1, -0.05) is 0 Å². The van der Waals surface area contributed by atoms with Crippen molar-refractivity contribution in [1.29, 1.82) is 0 Å². The predicted octanol–water partition coefficient (Wildman–Crippen LogP) is -3.56. The minimum atomic E-state index is -4.52. The molecule has 1 aliphatic heterocycles. The Hall–Kier alpha value is -2.97. The minimum Gasteiger partial charge on any atom is -0.503 e. The third-order valence-electron chi connectivity index (χ3n) is 2.87. The average molecular weight is 360 g/mol. The number of amides is 4. The molecule has 1 fully saturated rings. The van der Waals surface area contributed by atoms with Gasteiger partial charge in [0.1, 0.15) is 11.7 Å². The van der Waals surface area contributed by atoms with E-state index in [4.69, 9.17) is 10.8 Å². The molecule has 1 aromatic rings.